The Kier molecular flexibility index (Phi) is 5.68. The van der Waals surface area contributed by atoms with Gasteiger partial charge in [0.05, 0.1) is 6.10 Å². The Morgan fingerprint density at radius 2 is 2.23 bits per heavy atom. The van der Waals surface area contributed by atoms with E-state index in [-0.39, 0.29) is 0 Å². The highest BCUT2D eigenvalue weighted by Gasteiger charge is 2.14. The zero-order valence-electron chi connectivity index (χ0n) is 13.8. The summed E-state index contributed by atoms with van der Waals surface area (Å²) in [7, 11) is 0. The lowest BCUT2D eigenvalue weighted by Gasteiger charge is -2.19. The number of rotatable bonds is 7. The van der Waals surface area contributed by atoms with Crippen molar-refractivity contribution in [3.63, 3.8) is 0 Å². The number of hydrogen-bond donors (Lipinski definition) is 2. The van der Waals surface area contributed by atoms with E-state index in [0.29, 0.717) is 6.10 Å². The standard InChI is InChI=1S/C18H29N3O/c1-14-12-15-6-5-9-20-18(15)21-17(14)7-3-2-4-11-22-16-8-10-19-13-16/h12,16,19H,2-11,13H2,1H3,(H,20,21)/t16-/m1/s1. The third-order valence-electron chi connectivity index (χ3n) is 4.74. The van der Waals surface area contributed by atoms with E-state index in [1.807, 2.05) is 0 Å². The topological polar surface area (TPSA) is 46.2 Å². The Balaban J connectivity index is 1.38. The van der Waals surface area contributed by atoms with E-state index in [9.17, 15) is 0 Å². The molecule has 3 heterocycles. The fourth-order valence-electron chi connectivity index (χ4n) is 3.38. The van der Waals surface area contributed by atoms with Gasteiger partial charge in [0.1, 0.15) is 5.82 Å². The lowest BCUT2D eigenvalue weighted by Crippen LogP contribution is -2.17. The maximum atomic E-state index is 5.87. The molecule has 4 heteroatoms. The normalized spacial score (nSPS) is 20.7. The van der Waals surface area contributed by atoms with Gasteiger partial charge in [0.25, 0.3) is 0 Å². The molecule has 2 N–H and O–H groups in total. The van der Waals surface area contributed by atoms with E-state index in [4.69, 9.17) is 9.72 Å². The molecule has 0 amide bonds. The van der Waals surface area contributed by atoms with Crippen LogP contribution in [0.2, 0.25) is 0 Å². The minimum atomic E-state index is 0.454. The van der Waals surface area contributed by atoms with Gasteiger partial charge in [-0.3, -0.25) is 0 Å². The van der Waals surface area contributed by atoms with Crippen LogP contribution in [0, 0.1) is 6.92 Å². The van der Waals surface area contributed by atoms with Crippen LogP contribution in [-0.4, -0.2) is 37.3 Å². The summed E-state index contributed by atoms with van der Waals surface area (Å²) in [6.45, 7) is 6.32. The minimum absolute atomic E-state index is 0.454. The van der Waals surface area contributed by atoms with Gasteiger partial charge in [0, 0.05) is 25.4 Å². The van der Waals surface area contributed by atoms with E-state index in [2.05, 4.69) is 23.6 Å². The first-order valence-electron chi connectivity index (χ1n) is 8.88. The van der Waals surface area contributed by atoms with Crippen LogP contribution in [0.25, 0.3) is 0 Å². The number of nitrogens with one attached hydrogen (secondary N) is 2. The SMILES string of the molecule is Cc1cc2c(nc1CCCCCO[C@@H]1CCNC1)NCCC2. The molecule has 0 spiro atoms. The van der Waals surface area contributed by atoms with Crippen molar-refractivity contribution in [1.29, 1.82) is 0 Å². The fraction of sp³-hybridized carbons (Fsp3) is 0.722. The molecule has 0 aromatic carbocycles. The van der Waals surface area contributed by atoms with E-state index in [0.717, 1.165) is 38.5 Å². The van der Waals surface area contributed by atoms with E-state index in [1.54, 1.807) is 0 Å². The molecule has 1 saturated heterocycles. The molecule has 2 aliphatic rings. The number of aryl methyl sites for hydroxylation is 3. The van der Waals surface area contributed by atoms with Crippen LogP contribution in [0.3, 0.4) is 0 Å². The summed E-state index contributed by atoms with van der Waals surface area (Å²) in [6, 6.07) is 2.33. The molecule has 0 saturated carbocycles. The third kappa shape index (κ3) is 4.20. The highest BCUT2D eigenvalue weighted by Crippen LogP contribution is 2.23. The molecule has 122 valence electrons. The van der Waals surface area contributed by atoms with Crippen LogP contribution < -0.4 is 10.6 Å². The fourth-order valence-corrected chi connectivity index (χ4v) is 3.38. The van der Waals surface area contributed by atoms with Gasteiger partial charge in [0.2, 0.25) is 0 Å². The maximum Gasteiger partial charge on any atom is 0.129 e. The predicted octanol–water partition coefficient (Wildman–Crippen LogP) is 2.84. The molecule has 22 heavy (non-hydrogen) atoms. The Bertz CT molecular complexity index is 483. The Labute approximate surface area is 134 Å². The molecule has 1 aromatic heterocycles. The highest BCUT2D eigenvalue weighted by atomic mass is 16.5. The summed E-state index contributed by atoms with van der Waals surface area (Å²) in [6.07, 6.45) is 8.71. The predicted molar refractivity (Wildman–Crippen MR) is 90.6 cm³/mol. The minimum Gasteiger partial charge on any atom is -0.377 e. The van der Waals surface area contributed by atoms with Crippen molar-refractivity contribution in [3.05, 3.63) is 22.9 Å². The summed E-state index contributed by atoms with van der Waals surface area (Å²) in [5, 5.41) is 6.77. The van der Waals surface area contributed by atoms with Gasteiger partial charge in [-0.25, -0.2) is 4.98 Å². The van der Waals surface area contributed by atoms with Gasteiger partial charge in [-0.1, -0.05) is 12.5 Å². The second kappa shape index (κ2) is 7.93. The maximum absolute atomic E-state index is 5.87. The van der Waals surface area contributed by atoms with Crippen molar-refractivity contribution in [3.8, 4) is 0 Å². The first kappa shape index (κ1) is 15.8. The summed E-state index contributed by atoms with van der Waals surface area (Å²) in [4.78, 5) is 4.84. The molecule has 2 aliphatic heterocycles. The van der Waals surface area contributed by atoms with Crippen molar-refractivity contribution in [2.75, 3.05) is 31.6 Å². The van der Waals surface area contributed by atoms with Crippen LogP contribution in [-0.2, 0) is 17.6 Å². The molecule has 0 aliphatic carbocycles. The molecule has 3 rings (SSSR count). The molecule has 4 nitrogen and oxygen atoms in total. The lowest BCUT2D eigenvalue weighted by atomic mass is 10.0. The van der Waals surface area contributed by atoms with Crippen LogP contribution in [0.4, 0.5) is 5.82 Å². The average Bonchev–Trinajstić information content (AvgIpc) is 3.04. The van der Waals surface area contributed by atoms with Crippen molar-refractivity contribution >= 4 is 5.82 Å². The molecular formula is C18H29N3O. The molecular weight excluding hydrogens is 274 g/mol. The molecule has 0 unspecified atom stereocenters. The molecule has 1 fully saturated rings. The van der Waals surface area contributed by atoms with Crippen molar-refractivity contribution in [2.24, 2.45) is 0 Å². The summed E-state index contributed by atoms with van der Waals surface area (Å²) in [5.74, 6) is 1.13. The van der Waals surface area contributed by atoms with Gasteiger partial charge in [0.15, 0.2) is 0 Å². The van der Waals surface area contributed by atoms with Gasteiger partial charge in [-0.2, -0.15) is 0 Å². The number of pyridine rings is 1. The van der Waals surface area contributed by atoms with Crippen molar-refractivity contribution in [2.45, 2.75) is 58.0 Å². The number of unbranched alkanes of at least 4 members (excludes halogenated alkanes) is 2. The number of hydrogen-bond acceptors (Lipinski definition) is 4. The van der Waals surface area contributed by atoms with E-state index < -0.39 is 0 Å². The van der Waals surface area contributed by atoms with Crippen molar-refractivity contribution in [1.82, 2.24) is 10.3 Å². The quantitative estimate of drug-likeness (QED) is 0.760. The molecule has 1 atom stereocenters. The second-order valence-corrected chi connectivity index (χ2v) is 6.59. The first-order valence-corrected chi connectivity index (χ1v) is 8.88. The van der Waals surface area contributed by atoms with Crippen molar-refractivity contribution < 1.29 is 4.74 Å². The molecule has 1 aromatic rings. The highest BCUT2D eigenvalue weighted by molar-refractivity contribution is 5.49. The number of nitrogens with zero attached hydrogens (tertiary/aromatic N) is 1. The molecule has 0 radical (unpaired) electrons. The van der Waals surface area contributed by atoms with Gasteiger partial charge >= 0.3 is 0 Å². The Morgan fingerprint density at radius 3 is 3.09 bits per heavy atom. The van der Waals surface area contributed by atoms with Crippen LogP contribution in [0.15, 0.2) is 6.07 Å². The zero-order valence-corrected chi connectivity index (χ0v) is 13.8. The van der Waals surface area contributed by atoms with Gasteiger partial charge in [-0.15, -0.1) is 0 Å². The third-order valence-corrected chi connectivity index (χ3v) is 4.74. The van der Waals surface area contributed by atoms with Crippen LogP contribution >= 0.6 is 0 Å². The Morgan fingerprint density at radius 1 is 1.27 bits per heavy atom. The molecule has 0 bridgehead atoms. The summed E-state index contributed by atoms with van der Waals surface area (Å²) in [5.41, 5.74) is 4.02. The number of aromatic nitrogens is 1. The summed E-state index contributed by atoms with van der Waals surface area (Å²) < 4.78 is 5.87. The van der Waals surface area contributed by atoms with Gasteiger partial charge < -0.3 is 15.4 Å². The van der Waals surface area contributed by atoms with Gasteiger partial charge in [-0.05, 0) is 63.1 Å². The zero-order chi connectivity index (χ0) is 15.2. The van der Waals surface area contributed by atoms with Crippen LogP contribution in [0.5, 0.6) is 0 Å². The Hall–Kier alpha value is -1.13. The number of fused-ring (bicyclic) bond motifs is 1. The monoisotopic (exact) mass is 303 g/mol. The lowest BCUT2D eigenvalue weighted by molar-refractivity contribution is 0.0642. The average molecular weight is 303 g/mol. The first-order chi connectivity index (χ1) is 10.8. The second-order valence-electron chi connectivity index (χ2n) is 6.59. The van der Waals surface area contributed by atoms with Crippen LogP contribution in [0.1, 0.15) is 48.9 Å². The number of anilines is 1. The smallest absolute Gasteiger partial charge is 0.129 e. The number of ether oxygens (including phenoxy) is 1. The van der Waals surface area contributed by atoms with E-state index in [1.165, 1.54) is 55.3 Å². The summed E-state index contributed by atoms with van der Waals surface area (Å²) >= 11 is 0. The van der Waals surface area contributed by atoms with E-state index >= 15 is 0 Å². The largest absolute Gasteiger partial charge is 0.377 e.